The van der Waals surface area contributed by atoms with Crippen molar-refractivity contribution in [2.45, 2.75) is 53.2 Å². The largest absolute Gasteiger partial charge is 0.463 e. The van der Waals surface area contributed by atoms with Crippen LogP contribution in [0.2, 0.25) is 0 Å². The molecule has 1 aromatic carbocycles. The van der Waals surface area contributed by atoms with Gasteiger partial charge < -0.3 is 9.47 Å². The molecule has 0 spiro atoms. The summed E-state index contributed by atoms with van der Waals surface area (Å²) in [5.74, 6) is -0.127. The molecule has 0 fully saturated rings. The van der Waals surface area contributed by atoms with Crippen LogP contribution in [0, 0.1) is 5.41 Å². The van der Waals surface area contributed by atoms with E-state index in [9.17, 15) is 4.79 Å². The normalized spacial score (nSPS) is 13.0. The Balaban J connectivity index is 2.33. The molecule has 0 heterocycles. The van der Waals surface area contributed by atoms with Crippen LogP contribution < -0.4 is 0 Å². The lowest BCUT2D eigenvalue weighted by atomic mass is 9.85. The van der Waals surface area contributed by atoms with Crippen molar-refractivity contribution in [3.8, 4) is 0 Å². The van der Waals surface area contributed by atoms with E-state index in [2.05, 4.69) is 0 Å². The molecule has 3 nitrogen and oxygen atoms in total. The number of rotatable bonds is 8. The Hall–Kier alpha value is -1.35. The molecule has 0 aliphatic heterocycles. The minimum absolute atomic E-state index is 0.0999. The van der Waals surface area contributed by atoms with Crippen LogP contribution in [0.25, 0.3) is 0 Å². The molecule has 1 unspecified atom stereocenters. The van der Waals surface area contributed by atoms with Crippen LogP contribution in [0.15, 0.2) is 30.3 Å². The van der Waals surface area contributed by atoms with Gasteiger partial charge in [0.25, 0.3) is 0 Å². The molecule has 0 radical (unpaired) electrons. The van der Waals surface area contributed by atoms with Crippen molar-refractivity contribution in [3.63, 3.8) is 0 Å². The van der Waals surface area contributed by atoms with E-state index in [-0.39, 0.29) is 17.5 Å². The molecule has 3 heteroatoms. The van der Waals surface area contributed by atoms with Crippen molar-refractivity contribution in [2.24, 2.45) is 5.41 Å². The number of hydrogen-bond donors (Lipinski definition) is 0. The molecule has 0 aliphatic rings. The van der Waals surface area contributed by atoms with Gasteiger partial charge in [0, 0.05) is 0 Å². The van der Waals surface area contributed by atoms with Gasteiger partial charge in [0.15, 0.2) is 0 Å². The summed E-state index contributed by atoms with van der Waals surface area (Å²) in [5.41, 5.74) is 0.747. The molecule has 0 aliphatic carbocycles. The van der Waals surface area contributed by atoms with E-state index in [1.54, 1.807) is 0 Å². The molecule has 0 bridgehead atoms. The smallest absolute Gasteiger partial charge is 0.311 e. The van der Waals surface area contributed by atoms with Crippen molar-refractivity contribution in [1.29, 1.82) is 0 Å². The fraction of sp³-hybridized carbons (Fsp3) is 0.588. The lowest BCUT2D eigenvalue weighted by Crippen LogP contribution is -2.31. The molecule has 1 atom stereocenters. The summed E-state index contributed by atoms with van der Waals surface area (Å²) in [6, 6.07) is 9.98. The first kappa shape index (κ1) is 16.7. The molecule has 1 rings (SSSR count). The van der Waals surface area contributed by atoms with Crippen molar-refractivity contribution in [2.75, 3.05) is 6.61 Å². The summed E-state index contributed by atoms with van der Waals surface area (Å²) >= 11 is 0. The lowest BCUT2D eigenvalue weighted by Gasteiger charge is -2.25. The molecule has 0 amide bonds. The molecular formula is C17H26O3. The number of benzene rings is 1. The fourth-order valence-electron chi connectivity index (χ4n) is 1.77. The summed E-state index contributed by atoms with van der Waals surface area (Å²) in [4.78, 5) is 12.0. The summed E-state index contributed by atoms with van der Waals surface area (Å²) in [7, 11) is 0. The Morgan fingerprint density at radius 2 is 1.80 bits per heavy atom. The maximum Gasteiger partial charge on any atom is 0.311 e. The number of esters is 1. The maximum atomic E-state index is 12.0. The van der Waals surface area contributed by atoms with E-state index in [0.29, 0.717) is 13.2 Å². The van der Waals surface area contributed by atoms with Crippen LogP contribution in [-0.4, -0.2) is 18.7 Å². The van der Waals surface area contributed by atoms with Gasteiger partial charge in [-0.25, -0.2) is 0 Å². The van der Waals surface area contributed by atoms with Gasteiger partial charge in [-0.1, -0.05) is 44.2 Å². The van der Waals surface area contributed by atoms with Crippen LogP contribution in [0.4, 0.5) is 0 Å². The summed E-state index contributed by atoms with van der Waals surface area (Å²) in [6.45, 7) is 8.75. The first-order chi connectivity index (χ1) is 9.51. The Bertz CT molecular complexity index is 396. The minimum atomic E-state index is -0.376. The van der Waals surface area contributed by atoms with Crippen molar-refractivity contribution < 1.29 is 14.3 Å². The summed E-state index contributed by atoms with van der Waals surface area (Å²) in [6.07, 6.45) is 1.49. The molecule has 0 aromatic heterocycles. The second-order valence-electron chi connectivity index (χ2n) is 5.47. The standard InChI is InChI=1S/C17H26O3/c1-5-17(4,6-2)16(18)20-12-14(3)19-13-15-10-8-7-9-11-15/h7-11,14H,5-6,12-13H2,1-4H3. The third kappa shape index (κ3) is 4.97. The predicted molar refractivity (Wildman–Crippen MR) is 80.3 cm³/mol. The highest BCUT2D eigenvalue weighted by molar-refractivity contribution is 5.76. The Morgan fingerprint density at radius 1 is 1.20 bits per heavy atom. The summed E-state index contributed by atoms with van der Waals surface area (Å²) in [5, 5.41) is 0. The molecule has 0 saturated heterocycles. The van der Waals surface area contributed by atoms with Crippen LogP contribution >= 0.6 is 0 Å². The predicted octanol–water partition coefficient (Wildman–Crippen LogP) is 3.96. The average molecular weight is 278 g/mol. The quantitative estimate of drug-likeness (QED) is 0.675. The molecule has 0 N–H and O–H groups in total. The highest BCUT2D eigenvalue weighted by Crippen LogP contribution is 2.27. The monoisotopic (exact) mass is 278 g/mol. The molecular weight excluding hydrogens is 252 g/mol. The van der Waals surface area contributed by atoms with E-state index in [1.165, 1.54) is 0 Å². The second kappa shape index (κ2) is 8.05. The zero-order valence-corrected chi connectivity index (χ0v) is 13.0. The van der Waals surface area contributed by atoms with Gasteiger partial charge in [-0.3, -0.25) is 4.79 Å². The van der Waals surface area contributed by atoms with Gasteiger partial charge in [-0.2, -0.15) is 0 Å². The van der Waals surface area contributed by atoms with Crippen molar-refractivity contribution in [3.05, 3.63) is 35.9 Å². The van der Waals surface area contributed by atoms with E-state index < -0.39 is 0 Å². The SMILES string of the molecule is CCC(C)(CC)C(=O)OCC(C)OCc1ccccc1. The van der Waals surface area contributed by atoms with Gasteiger partial charge in [-0.15, -0.1) is 0 Å². The van der Waals surface area contributed by atoms with E-state index in [1.807, 2.05) is 58.0 Å². The topological polar surface area (TPSA) is 35.5 Å². The lowest BCUT2D eigenvalue weighted by molar-refractivity contribution is -0.159. The van der Waals surface area contributed by atoms with Crippen LogP contribution in [-0.2, 0) is 20.9 Å². The molecule has 0 saturated carbocycles. The zero-order chi connectivity index (χ0) is 15.0. The summed E-state index contributed by atoms with van der Waals surface area (Å²) < 4.78 is 11.1. The fourth-order valence-corrected chi connectivity index (χ4v) is 1.77. The van der Waals surface area contributed by atoms with Gasteiger partial charge >= 0.3 is 5.97 Å². The Kier molecular flexibility index (Phi) is 6.73. The molecule has 112 valence electrons. The number of carbonyl (C=O) groups excluding carboxylic acids is 1. The van der Waals surface area contributed by atoms with Crippen LogP contribution in [0.1, 0.15) is 46.1 Å². The van der Waals surface area contributed by atoms with Gasteiger partial charge in [0.05, 0.1) is 18.1 Å². The molecule has 1 aromatic rings. The number of carbonyl (C=O) groups is 1. The van der Waals surface area contributed by atoms with E-state index in [0.717, 1.165) is 18.4 Å². The van der Waals surface area contributed by atoms with Crippen LogP contribution in [0.5, 0.6) is 0 Å². The second-order valence-corrected chi connectivity index (χ2v) is 5.47. The Labute approximate surface area is 122 Å². The zero-order valence-electron chi connectivity index (χ0n) is 13.0. The first-order valence-electron chi connectivity index (χ1n) is 7.34. The Morgan fingerprint density at radius 3 is 2.35 bits per heavy atom. The van der Waals surface area contributed by atoms with Crippen molar-refractivity contribution in [1.82, 2.24) is 0 Å². The van der Waals surface area contributed by atoms with Gasteiger partial charge in [0.2, 0.25) is 0 Å². The highest BCUT2D eigenvalue weighted by Gasteiger charge is 2.31. The van der Waals surface area contributed by atoms with Gasteiger partial charge in [-0.05, 0) is 32.3 Å². The molecule has 20 heavy (non-hydrogen) atoms. The average Bonchev–Trinajstić information content (AvgIpc) is 2.50. The van der Waals surface area contributed by atoms with Crippen molar-refractivity contribution >= 4 is 5.97 Å². The minimum Gasteiger partial charge on any atom is -0.463 e. The number of ether oxygens (including phenoxy) is 2. The highest BCUT2D eigenvalue weighted by atomic mass is 16.6. The third-order valence-electron chi connectivity index (χ3n) is 3.88. The maximum absolute atomic E-state index is 12.0. The number of hydrogen-bond acceptors (Lipinski definition) is 3. The van der Waals surface area contributed by atoms with E-state index >= 15 is 0 Å². The first-order valence-corrected chi connectivity index (χ1v) is 7.34. The third-order valence-corrected chi connectivity index (χ3v) is 3.88. The van der Waals surface area contributed by atoms with Crippen LogP contribution in [0.3, 0.4) is 0 Å². The van der Waals surface area contributed by atoms with E-state index in [4.69, 9.17) is 9.47 Å². The van der Waals surface area contributed by atoms with Gasteiger partial charge in [0.1, 0.15) is 6.61 Å².